The van der Waals surface area contributed by atoms with Gasteiger partial charge in [0.25, 0.3) is 5.67 Å². The summed E-state index contributed by atoms with van der Waals surface area (Å²) in [6, 6.07) is 15.4. The molecule has 0 heterocycles. The summed E-state index contributed by atoms with van der Waals surface area (Å²) in [5.41, 5.74) is -4.06. The molecule has 0 saturated carbocycles. The molecule has 0 aliphatic rings. The normalized spacial score (nSPS) is 13.9. The molecule has 11 heteroatoms. The fraction of sp³-hybridized carbons (Fsp3) is 0.350. The number of alkyl halides is 8. The largest absolute Gasteiger partial charge is 0.492 e. The first-order valence-electron chi connectivity index (χ1n) is 8.81. The van der Waals surface area contributed by atoms with E-state index in [2.05, 4.69) is 5.16 Å². The second-order valence-electron chi connectivity index (χ2n) is 6.44. The van der Waals surface area contributed by atoms with Gasteiger partial charge in [0.2, 0.25) is 0 Å². The van der Waals surface area contributed by atoms with Gasteiger partial charge in [-0.05, 0) is 17.7 Å². The maximum atomic E-state index is 13.9. The Kier molecular flexibility index (Phi) is 8.55. The van der Waals surface area contributed by atoms with Crippen LogP contribution in [-0.2, 0) is 11.4 Å². The van der Waals surface area contributed by atoms with E-state index in [4.69, 9.17) is 9.57 Å². The fourth-order valence-corrected chi connectivity index (χ4v) is 3.22. The van der Waals surface area contributed by atoms with Crippen LogP contribution in [0.25, 0.3) is 0 Å². The third-order valence-electron chi connectivity index (χ3n) is 4.08. The molecule has 0 fully saturated rings. The number of oxime groups is 1. The monoisotopic (exact) mass is 563 g/mol. The standard InChI is InChI=1S/C20H17F7INO2/c21-18(19(22,23)24,20(25,26)27)10-16(28)13-30-17-9-5-4-8-15(17)11-29-31-12-14-6-2-1-3-7-14/h1-9,11,16H,10,12-13H2/b29-11+. The Morgan fingerprint density at radius 2 is 1.45 bits per heavy atom. The van der Waals surface area contributed by atoms with Gasteiger partial charge in [0, 0.05) is 15.9 Å². The summed E-state index contributed by atoms with van der Waals surface area (Å²) in [7, 11) is 0. The van der Waals surface area contributed by atoms with Crippen molar-refractivity contribution < 1.29 is 40.3 Å². The summed E-state index contributed by atoms with van der Waals surface area (Å²) in [5.74, 6) is 0.153. The SMILES string of the molecule is FC(F)(F)C(F)(CC(I)COc1ccccc1/C=N/OCc1ccccc1)C(F)(F)F. The summed E-state index contributed by atoms with van der Waals surface area (Å²) in [6.07, 6.45) is -12.7. The van der Waals surface area contributed by atoms with Gasteiger partial charge < -0.3 is 9.57 Å². The molecule has 0 radical (unpaired) electrons. The molecule has 0 bridgehead atoms. The van der Waals surface area contributed by atoms with E-state index in [1.54, 1.807) is 18.2 Å². The quantitative estimate of drug-likeness (QED) is 0.113. The third-order valence-corrected chi connectivity index (χ3v) is 4.88. The van der Waals surface area contributed by atoms with Crippen LogP contribution < -0.4 is 4.74 Å². The van der Waals surface area contributed by atoms with E-state index >= 15 is 0 Å². The number of para-hydroxylation sites is 1. The summed E-state index contributed by atoms with van der Waals surface area (Å²) < 4.78 is 94.1. The molecule has 0 aliphatic carbocycles. The second kappa shape index (κ2) is 10.5. The predicted octanol–water partition coefficient (Wildman–Crippen LogP) is 6.64. The van der Waals surface area contributed by atoms with Crippen LogP contribution in [0.4, 0.5) is 30.7 Å². The molecule has 0 amide bonds. The lowest BCUT2D eigenvalue weighted by atomic mass is 9.98. The molecule has 2 aromatic rings. The van der Waals surface area contributed by atoms with Gasteiger partial charge in [-0.25, -0.2) is 4.39 Å². The first-order chi connectivity index (χ1) is 14.4. The number of hydrogen-bond donors (Lipinski definition) is 0. The lowest BCUT2D eigenvalue weighted by Gasteiger charge is -2.31. The van der Waals surface area contributed by atoms with Crippen molar-refractivity contribution in [1.29, 1.82) is 0 Å². The lowest BCUT2D eigenvalue weighted by molar-refractivity contribution is -0.343. The molecule has 0 aromatic heterocycles. The van der Waals surface area contributed by atoms with Gasteiger partial charge in [0.05, 0.1) is 6.21 Å². The number of nitrogens with zero attached hydrogens (tertiary/aromatic N) is 1. The van der Waals surface area contributed by atoms with E-state index < -0.39 is 35.0 Å². The highest BCUT2D eigenvalue weighted by Crippen LogP contribution is 2.49. The smallest absolute Gasteiger partial charge is 0.431 e. The Balaban J connectivity index is 1.98. The van der Waals surface area contributed by atoms with Crippen LogP contribution in [-0.4, -0.2) is 34.8 Å². The topological polar surface area (TPSA) is 30.8 Å². The highest BCUT2D eigenvalue weighted by atomic mass is 127. The highest BCUT2D eigenvalue weighted by Gasteiger charge is 2.72. The molecule has 0 spiro atoms. The van der Waals surface area contributed by atoms with Crippen LogP contribution in [0.3, 0.4) is 0 Å². The van der Waals surface area contributed by atoms with Crippen molar-refractivity contribution in [2.45, 2.75) is 35.0 Å². The average molecular weight is 563 g/mol. The van der Waals surface area contributed by atoms with Crippen molar-refractivity contribution in [2.75, 3.05) is 6.61 Å². The Bertz CT molecular complexity index is 843. The third kappa shape index (κ3) is 6.97. The summed E-state index contributed by atoms with van der Waals surface area (Å²) in [6.45, 7) is -0.377. The zero-order valence-electron chi connectivity index (χ0n) is 15.8. The molecule has 2 aromatic carbocycles. The van der Waals surface area contributed by atoms with Crippen molar-refractivity contribution in [3.8, 4) is 5.75 Å². The maximum absolute atomic E-state index is 13.9. The van der Waals surface area contributed by atoms with Crippen molar-refractivity contribution in [2.24, 2.45) is 5.16 Å². The minimum Gasteiger partial charge on any atom is -0.492 e. The number of benzene rings is 2. The first-order valence-corrected chi connectivity index (χ1v) is 10.1. The van der Waals surface area contributed by atoms with Crippen LogP contribution in [0.1, 0.15) is 17.5 Å². The van der Waals surface area contributed by atoms with Gasteiger partial charge in [-0.15, -0.1) is 0 Å². The number of rotatable bonds is 9. The van der Waals surface area contributed by atoms with E-state index in [1.807, 2.05) is 30.3 Å². The molecular weight excluding hydrogens is 546 g/mol. The van der Waals surface area contributed by atoms with E-state index in [9.17, 15) is 30.7 Å². The summed E-state index contributed by atoms with van der Waals surface area (Å²) in [5, 5.41) is 3.78. The molecule has 2 rings (SSSR count). The lowest BCUT2D eigenvalue weighted by Crippen LogP contribution is -2.54. The zero-order chi connectivity index (χ0) is 23.1. The van der Waals surface area contributed by atoms with E-state index in [0.717, 1.165) is 5.56 Å². The Hall–Kier alpha value is -2.05. The van der Waals surface area contributed by atoms with Crippen LogP contribution in [0.5, 0.6) is 5.75 Å². The van der Waals surface area contributed by atoms with E-state index in [1.165, 1.54) is 34.9 Å². The van der Waals surface area contributed by atoms with Crippen molar-refractivity contribution in [3.63, 3.8) is 0 Å². The van der Waals surface area contributed by atoms with Gasteiger partial charge in [-0.2, -0.15) is 26.3 Å². The van der Waals surface area contributed by atoms with Gasteiger partial charge in [-0.3, -0.25) is 0 Å². The van der Waals surface area contributed by atoms with Gasteiger partial charge in [0.15, 0.2) is 0 Å². The molecule has 3 nitrogen and oxygen atoms in total. The van der Waals surface area contributed by atoms with Crippen LogP contribution >= 0.6 is 22.6 Å². The molecule has 1 atom stereocenters. The minimum atomic E-state index is -6.09. The zero-order valence-corrected chi connectivity index (χ0v) is 17.9. The van der Waals surface area contributed by atoms with Gasteiger partial charge in [-0.1, -0.05) is 70.2 Å². The molecule has 170 valence electrons. The molecular formula is C20H17F7INO2. The maximum Gasteiger partial charge on any atom is 0.431 e. The molecule has 0 N–H and O–H groups in total. The Labute approximate surface area is 187 Å². The van der Waals surface area contributed by atoms with Crippen LogP contribution in [0.15, 0.2) is 59.8 Å². The predicted molar refractivity (Wildman–Crippen MR) is 109 cm³/mol. The number of ether oxygens (including phenoxy) is 1. The minimum absolute atomic E-state index is 0.153. The number of halogens is 8. The summed E-state index contributed by atoms with van der Waals surface area (Å²) in [4.78, 5) is 5.16. The van der Waals surface area contributed by atoms with Gasteiger partial charge >= 0.3 is 12.4 Å². The van der Waals surface area contributed by atoms with Crippen molar-refractivity contribution in [3.05, 3.63) is 65.7 Å². The van der Waals surface area contributed by atoms with Crippen molar-refractivity contribution in [1.82, 2.24) is 0 Å². The Morgan fingerprint density at radius 1 is 0.871 bits per heavy atom. The molecule has 31 heavy (non-hydrogen) atoms. The Morgan fingerprint density at radius 3 is 2.06 bits per heavy atom. The molecule has 1 unspecified atom stereocenters. The molecule has 0 aliphatic heterocycles. The molecule has 0 saturated heterocycles. The summed E-state index contributed by atoms with van der Waals surface area (Å²) >= 11 is 1.30. The average Bonchev–Trinajstić information content (AvgIpc) is 2.69. The van der Waals surface area contributed by atoms with E-state index in [-0.39, 0.29) is 12.4 Å². The number of hydrogen-bond acceptors (Lipinski definition) is 3. The second-order valence-corrected chi connectivity index (χ2v) is 8.20. The van der Waals surface area contributed by atoms with Gasteiger partial charge in [0.1, 0.15) is 19.0 Å². The van der Waals surface area contributed by atoms with E-state index in [0.29, 0.717) is 5.56 Å². The highest BCUT2D eigenvalue weighted by molar-refractivity contribution is 14.1. The van der Waals surface area contributed by atoms with Crippen LogP contribution in [0.2, 0.25) is 0 Å². The van der Waals surface area contributed by atoms with Crippen LogP contribution in [0, 0.1) is 0 Å². The fourth-order valence-electron chi connectivity index (χ4n) is 2.44. The van der Waals surface area contributed by atoms with Crippen molar-refractivity contribution >= 4 is 28.8 Å². The first kappa shape index (κ1) is 25.2.